The van der Waals surface area contributed by atoms with Crippen LogP contribution in [-0.2, 0) is 0 Å². The van der Waals surface area contributed by atoms with Crippen LogP contribution in [0.2, 0.25) is 0 Å². The van der Waals surface area contributed by atoms with Crippen molar-refractivity contribution in [3.63, 3.8) is 0 Å². The number of fused-ring (bicyclic) bond motifs is 1. The summed E-state index contributed by atoms with van der Waals surface area (Å²) in [5, 5.41) is 4.21. The van der Waals surface area contributed by atoms with Crippen molar-refractivity contribution in [3.8, 4) is 0 Å². The zero-order chi connectivity index (χ0) is 11.5. The van der Waals surface area contributed by atoms with E-state index in [0.717, 1.165) is 21.1 Å². The number of aliphatic imine (C=N–C) groups is 1. The second-order valence-electron chi connectivity index (χ2n) is 3.25. The second-order valence-corrected chi connectivity index (χ2v) is 4.10. The summed E-state index contributed by atoms with van der Waals surface area (Å²) in [4.78, 5) is 3.96. The Morgan fingerprint density at radius 1 is 1.56 bits per heavy atom. The molecule has 2 aromatic rings. The predicted octanol–water partition coefficient (Wildman–Crippen LogP) is 2.10. The third kappa shape index (κ3) is 1.86. The van der Waals surface area contributed by atoms with Crippen LogP contribution in [0.4, 0.5) is 0 Å². The van der Waals surface area contributed by atoms with Crippen molar-refractivity contribution in [2.75, 3.05) is 7.05 Å². The molecule has 0 aromatic carbocycles. The molecule has 2 rings (SSSR count). The van der Waals surface area contributed by atoms with E-state index in [4.69, 9.17) is 5.73 Å². The van der Waals surface area contributed by atoms with E-state index in [-0.39, 0.29) is 0 Å². The van der Waals surface area contributed by atoms with Gasteiger partial charge in [-0.25, -0.2) is 4.52 Å². The lowest BCUT2D eigenvalue weighted by atomic mass is 10.1. The zero-order valence-corrected chi connectivity index (χ0v) is 10.3. The molecule has 0 radical (unpaired) electrons. The quantitative estimate of drug-likeness (QED) is 0.856. The van der Waals surface area contributed by atoms with Gasteiger partial charge >= 0.3 is 0 Å². The standard InChI is InChI=1S/C11H11BrN4/c1-14-5-9(4-13)8-2-3-11-10(12)6-15-16(11)7-8/h2-7H,13H2,1H3/b9-4+,14-5?. The van der Waals surface area contributed by atoms with Crippen LogP contribution in [-0.4, -0.2) is 22.9 Å². The molecule has 82 valence electrons. The number of allylic oxidation sites excluding steroid dienone is 1. The van der Waals surface area contributed by atoms with Crippen LogP contribution >= 0.6 is 15.9 Å². The molecule has 0 aliphatic rings. The summed E-state index contributed by atoms with van der Waals surface area (Å²) < 4.78 is 2.77. The Kier molecular flexibility index (Phi) is 3.05. The summed E-state index contributed by atoms with van der Waals surface area (Å²) in [6, 6.07) is 3.97. The van der Waals surface area contributed by atoms with Crippen LogP contribution in [0.3, 0.4) is 0 Å². The normalized spacial score (nSPS) is 12.8. The smallest absolute Gasteiger partial charge is 0.0804 e. The summed E-state index contributed by atoms with van der Waals surface area (Å²) >= 11 is 3.43. The van der Waals surface area contributed by atoms with Gasteiger partial charge in [0.1, 0.15) is 0 Å². The molecule has 0 atom stereocenters. The van der Waals surface area contributed by atoms with Crippen molar-refractivity contribution in [2.45, 2.75) is 0 Å². The average molecular weight is 279 g/mol. The Morgan fingerprint density at radius 3 is 3.06 bits per heavy atom. The first-order valence-corrected chi connectivity index (χ1v) is 5.53. The summed E-state index contributed by atoms with van der Waals surface area (Å²) in [6.07, 6.45) is 6.94. The summed E-state index contributed by atoms with van der Waals surface area (Å²) in [7, 11) is 1.71. The third-order valence-electron chi connectivity index (χ3n) is 2.25. The number of halogens is 1. The molecular formula is C11H11BrN4. The molecule has 4 nitrogen and oxygen atoms in total. The molecule has 0 unspecified atom stereocenters. The van der Waals surface area contributed by atoms with Gasteiger partial charge in [0.05, 0.1) is 16.2 Å². The number of hydrogen-bond donors (Lipinski definition) is 1. The van der Waals surface area contributed by atoms with E-state index in [2.05, 4.69) is 26.0 Å². The van der Waals surface area contributed by atoms with Crippen molar-refractivity contribution >= 4 is 33.2 Å². The molecule has 0 amide bonds. The van der Waals surface area contributed by atoms with Gasteiger partial charge in [-0.1, -0.05) is 6.07 Å². The summed E-state index contributed by atoms with van der Waals surface area (Å²) in [5.74, 6) is 0. The molecule has 0 aliphatic carbocycles. The Labute approximate surface area is 102 Å². The highest BCUT2D eigenvalue weighted by Gasteiger charge is 2.03. The zero-order valence-electron chi connectivity index (χ0n) is 8.76. The minimum absolute atomic E-state index is 0.871. The van der Waals surface area contributed by atoms with Gasteiger partial charge < -0.3 is 5.73 Å². The number of hydrogen-bond acceptors (Lipinski definition) is 3. The Balaban J connectivity index is 2.54. The van der Waals surface area contributed by atoms with Crippen molar-refractivity contribution in [2.24, 2.45) is 10.7 Å². The molecule has 0 spiro atoms. The van der Waals surface area contributed by atoms with Crippen molar-refractivity contribution in [1.29, 1.82) is 0 Å². The average Bonchev–Trinajstić information content (AvgIpc) is 2.67. The number of nitrogens with two attached hydrogens (primary N) is 1. The van der Waals surface area contributed by atoms with E-state index < -0.39 is 0 Å². The molecule has 5 heteroatoms. The molecule has 0 aliphatic heterocycles. The first-order chi connectivity index (χ1) is 7.76. The number of nitrogens with zero attached hydrogens (tertiary/aromatic N) is 3. The minimum atomic E-state index is 0.871. The number of aromatic nitrogens is 2. The molecule has 0 saturated carbocycles. The fourth-order valence-electron chi connectivity index (χ4n) is 1.48. The first kappa shape index (κ1) is 10.9. The van der Waals surface area contributed by atoms with Gasteiger partial charge in [0.15, 0.2) is 0 Å². The maximum atomic E-state index is 5.55. The van der Waals surface area contributed by atoms with E-state index in [9.17, 15) is 0 Å². The van der Waals surface area contributed by atoms with Crippen molar-refractivity contribution in [3.05, 3.63) is 40.8 Å². The SMILES string of the molecule is CN=C/C(=C\N)c1ccc2c(Br)cnn2c1. The maximum absolute atomic E-state index is 5.55. The van der Waals surface area contributed by atoms with Gasteiger partial charge in [-0.2, -0.15) is 5.10 Å². The molecule has 0 saturated heterocycles. The molecule has 0 fully saturated rings. The van der Waals surface area contributed by atoms with Gasteiger partial charge in [0, 0.05) is 36.8 Å². The van der Waals surface area contributed by atoms with Crippen LogP contribution in [0, 0.1) is 0 Å². The van der Waals surface area contributed by atoms with E-state index in [1.807, 2.05) is 18.3 Å². The van der Waals surface area contributed by atoms with Gasteiger partial charge in [0.25, 0.3) is 0 Å². The van der Waals surface area contributed by atoms with Gasteiger partial charge in [-0.3, -0.25) is 4.99 Å². The third-order valence-corrected chi connectivity index (χ3v) is 2.86. The predicted molar refractivity (Wildman–Crippen MR) is 69.5 cm³/mol. The largest absolute Gasteiger partial charge is 0.404 e. The topological polar surface area (TPSA) is 55.7 Å². The second kappa shape index (κ2) is 4.49. The molecule has 16 heavy (non-hydrogen) atoms. The highest BCUT2D eigenvalue weighted by molar-refractivity contribution is 9.10. The first-order valence-electron chi connectivity index (χ1n) is 4.73. The van der Waals surface area contributed by atoms with Gasteiger partial charge in [-0.15, -0.1) is 0 Å². The monoisotopic (exact) mass is 278 g/mol. The van der Waals surface area contributed by atoms with Crippen LogP contribution in [0.25, 0.3) is 11.1 Å². The Hall–Kier alpha value is -1.62. The van der Waals surface area contributed by atoms with Gasteiger partial charge in [-0.05, 0) is 22.0 Å². The Bertz CT molecular complexity index is 568. The lowest BCUT2D eigenvalue weighted by Gasteiger charge is -2.02. The van der Waals surface area contributed by atoms with Crippen LogP contribution in [0.5, 0.6) is 0 Å². The molecular weight excluding hydrogens is 268 g/mol. The highest BCUT2D eigenvalue weighted by Crippen LogP contribution is 2.19. The Morgan fingerprint density at radius 2 is 2.38 bits per heavy atom. The molecule has 2 N–H and O–H groups in total. The number of rotatable bonds is 2. The van der Waals surface area contributed by atoms with Crippen molar-refractivity contribution in [1.82, 2.24) is 9.61 Å². The molecule has 2 aromatic heterocycles. The maximum Gasteiger partial charge on any atom is 0.0804 e. The number of pyridine rings is 1. The molecule has 0 bridgehead atoms. The summed E-state index contributed by atoms with van der Waals surface area (Å²) in [6.45, 7) is 0. The fraction of sp³-hybridized carbons (Fsp3) is 0.0909. The lowest BCUT2D eigenvalue weighted by molar-refractivity contribution is 0.958. The van der Waals surface area contributed by atoms with E-state index in [0.29, 0.717) is 0 Å². The van der Waals surface area contributed by atoms with E-state index in [1.54, 1.807) is 24.0 Å². The van der Waals surface area contributed by atoms with Crippen LogP contribution in [0.15, 0.2) is 40.2 Å². The van der Waals surface area contributed by atoms with E-state index in [1.165, 1.54) is 6.20 Å². The molecule has 2 heterocycles. The van der Waals surface area contributed by atoms with Gasteiger partial charge in [0.2, 0.25) is 0 Å². The highest BCUT2D eigenvalue weighted by atomic mass is 79.9. The van der Waals surface area contributed by atoms with E-state index >= 15 is 0 Å². The minimum Gasteiger partial charge on any atom is -0.404 e. The van der Waals surface area contributed by atoms with Crippen LogP contribution in [0.1, 0.15) is 5.56 Å². The van der Waals surface area contributed by atoms with Crippen molar-refractivity contribution < 1.29 is 0 Å². The lowest BCUT2D eigenvalue weighted by Crippen LogP contribution is -1.95. The summed E-state index contributed by atoms with van der Waals surface area (Å²) in [5.41, 5.74) is 8.42. The fourth-order valence-corrected chi connectivity index (χ4v) is 1.88. The van der Waals surface area contributed by atoms with Crippen LogP contribution < -0.4 is 5.73 Å².